The van der Waals surface area contributed by atoms with Crippen molar-refractivity contribution < 1.29 is 0 Å². The summed E-state index contributed by atoms with van der Waals surface area (Å²) in [5.41, 5.74) is 13.8. The summed E-state index contributed by atoms with van der Waals surface area (Å²) in [5, 5.41) is 5.35. The normalized spacial score (nSPS) is 13.5. The van der Waals surface area contributed by atoms with Crippen molar-refractivity contribution in [2.45, 2.75) is 5.41 Å². The first-order chi connectivity index (χ1) is 25.8. The molecule has 0 fully saturated rings. The fourth-order valence-corrected chi connectivity index (χ4v) is 12.0. The van der Waals surface area contributed by atoms with Gasteiger partial charge in [0.1, 0.15) is 0 Å². The molecule has 52 heavy (non-hydrogen) atoms. The molecule has 0 saturated carbocycles. The zero-order chi connectivity index (χ0) is 34.0. The zero-order valence-electron chi connectivity index (χ0n) is 28.0. The van der Waals surface area contributed by atoms with Gasteiger partial charge in [-0.2, -0.15) is 0 Å². The average Bonchev–Trinajstić information content (AvgIpc) is 3.94. The van der Waals surface area contributed by atoms with Crippen LogP contribution in [0.3, 0.4) is 0 Å². The van der Waals surface area contributed by atoms with E-state index in [1.807, 2.05) is 22.7 Å². The number of thiophene rings is 2. The van der Waals surface area contributed by atoms with E-state index in [1.54, 1.807) is 0 Å². The first-order valence-electron chi connectivity index (χ1n) is 17.9. The van der Waals surface area contributed by atoms with Crippen LogP contribution in [0.25, 0.3) is 62.6 Å². The molecule has 2 heterocycles. The third kappa shape index (κ3) is 3.57. The lowest BCUT2D eigenvalue weighted by molar-refractivity contribution is 0.794. The number of nitrogens with zero attached hydrogens (tertiary/aromatic N) is 1. The maximum atomic E-state index is 2.54. The summed E-state index contributed by atoms with van der Waals surface area (Å²) in [4.78, 5) is 2.54. The Bertz CT molecular complexity index is 3050. The van der Waals surface area contributed by atoms with Gasteiger partial charge < -0.3 is 4.90 Å². The number of anilines is 3. The van der Waals surface area contributed by atoms with Gasteiger partial charge in [0.05, 0.1) is 16.8 Å². The highest BCUT2D eigenvalue weighted by molar-refractivity contribution is 7.29. The molecule has 8 aromatic carbocycles. The van der Waals surface area contributed by atoms with E-state index < -0.39 is 5.41 Å². The van der Waals surface area contributed by atoms with E-state index in [-0.39, 0.29) is 0 Å². The molecule has 2 aliphatic carbocycles. The summed E-state index contributed by atoms with van der Waals surface area (Å²) in [7, 11) is 0. The minimum atomic E-state index is -0.401. The van der Waals surface area contributed by atoms with Gasteiger partial charge >= 0.3 is 0 Å². The van der Waals surface area contributed by atoms with Gasteiger partial charge in [0.15, 0.2) is 0 Å². The van der Waals surface area contributed by atoms with E-state index in [0.29, 0.717) is 0 Å². The van der Waals surface area contributed by atoms with Crippen LogP contribution in [0.2, 0.25) is 0 Å². The molecule has 242 valence electrons. The average molecular weight is 696 g/mol. The number of hydrogen-bond donors (Lipinski definition) is 0. The highest BCUT2D eigenvalue weighted by Gasteiger charge is 2.52. The number of rotatable bonds is 3. The molecule has 0 radical (unpaired) electrons. The molecule has 3 heteroatoms. The van der Waals surface area contributed by atoms with Crippen molar-refractivity contribution in [3.05, 3.63) is 198 Å². The van der Waals surface area contributed by atoms with Gasteiger partial charge in [-0.3, -0.25) is 0 Å². The smallest absolute Gasteiger partial charge is 0.0726 e. The monoisotopic (exact) mass is 695 g/mol. The Morgan fingerprint density at radius 1 is 0.365 bits per heavy atom. The highest BCUT2D eigenvalue weighted by atomic mass is 32.1. The van der Waals surface area contributed by atoms with Gasteiger partial charge in [0.2, 0.25) is 0 Å². The van der Waals surface area contributed by atoms with Crippen molar-refractivity contribution in [3.63, 3.8) is 0 Å². The molecule has 0 N–H and O–H groups in total. The molecule has 1 nitrogen and oxygen atoms in total. The molecule has 0 atom stereocenters. The van der Waals surface area contributed by atoms with Crippen LogP contribution in [0, 0.1) is 0 Å². The van der Waals surface area contributed by atoms with Crippen LogP contribution < -0.4 is 4.90 Å². The second-order valence-electron chi connectivity index (χ2n) is 13.9. The predicted molar refractivity (Wildman–Crippen MR) is 223 cm³/mol. The minimum absolute atomic E-state index is 0.401. The molecular weight excluding hydrogens is 667 g/mol. The van der Waals surface area contributed by atoms with Crippen molar-refractivity contribution in [2.24, 2.45) is 0 Å². The number of fused-ring (bicyclic) bond motifs is 17. The van der Waals surface area contributed by atoms with Crippen LogP contribution in [-0.2, 0) is 5.41 Å². The third-order valence-electron chi connectivity index (χ3n) is 11.5. The van der Waals surface area contributed by atoms with Crippen LogP contribution in [-0.4, -0.2) is 0 Å². The molecular formula is C49H29NS2. The van der Waals surface area contributed by atoms with E-state index in [1.165, 1.54) is 96.2 Å². The van der Waals surface area contributed by atoms with Crippen molar-refractivity contribution >= 4 is 80.1 Å². The minimum Gasteiger partial charge on any atom is -0.309 e. The first-order valence-corrected chi connectivity index (χ1v) is 19.5. The zero-order valence-corrected chi connectivity index (χ0v) is 29.6. The quantitative estimate of drug-likeness (QED) is 0.178. The Kier molecular flexibility index (Phi) is 5.80. The maximum absolute atomic E-state index is 2.54. The Balaban J connectivity index is 1.21. The summed E-state index contributed by atoms with van der Waals surface area (Å²) >= 11 is 3.82. The summed E-state index contributed by atoms with van der Waals surface area (Å²) in [6, 6.07) is 65.7. The van der Waals surface area contributed by atoms with Crippen molar-refractivity contribution in [1.29, 1.82) is 0 Å². The molecule has 0 aliphatic heterocycles. The van der Waals surface area contributed by atoms with Crippen LogP contribution in [0.4, 0.5) is 17.1 Å². The second-order valence-corrected chi connectivity index (χ2v) is 16.1. The summed E-state index contributed by atoms with van der Waals surface area (Å²) in [6.07, 6.45) is 0. The van der Waals surface area contributed by atoms with E-state index in [4.69, 9.17) is 0 Å². The lowest BCUT2D eigenvalue weighted by Gasteiger charge is -2.32. The molecule has 0 amide bonds. The molecule has 0 saturated heterocycles. The van der Waals surface area contributed by atoms with Crippen LogP contribution in [0.5, 0.6) is 0 Å². The Morgan fingerprint density at radius 2 is 0.942 bits per heavy atom. The maximum Gasteiger partial charge on any atom is 0.0726 e. The van der Waals surface area contributed by atoms with Gasteiger partial charge in [0.25, 0.3) is 0 Å². The van der Waals surface area contributed by atoms with Gasteiger partial charge in [-0.05, 0) is 81.4 Å². The number of hydrogen-bond acceptors (Lipinski definition) is 3. The third-order valence-corrected chi connectivity index (χ3v) is 13.8. The largest absolute Gasteiger partial charge is 0.309 e. The molecule has 2 aliphatic rings. The van der Waals surface area contributed by atoms with Crippen molar-refractivity contribution in [2.75, 3.05) is 4.90 Å². The lowest BCUT2D eigenvalue weighted by Crippen LogP contribution is -2.26. The first kappa shape index (κ1) is 28.7. The van der Waals surface area contributed by atoms with E-state index in [2.05, 4.69) is 181 Å². The lowest BCUT2D eigenvalue weighted by atomic mass is 9.70. The molecule has 0 unspecified atom stereocenters. The Labute approximate surface area is 309 Å². The number of benzene rings is 8. The van der Waals surface area contributed by atoms with E-state index >= 15 is 0 Å². The van der Waals surface area contributed by atoms with E-state index in [0.717, 1.165) is 5.69 Å². The van der Waals surface area contributed by atoms with Crippen molar-refractivity contribution in [3.8, 4) is 22.3 Å². The van der Waals surface area contributed by atoms with Crippen LogP contribution >= 0.6 is 22.7 Å². The highest BCUT2D eigenvalue weighted by Crippen LogP contribution is 2.65. The summed E-state index contributed by atoms with van der Waals surface area (Å²) < 4.78 is 5.34. The second kappa shape index (κ2) is 10.5. The summed E-state index contributed by atoms with van der Waals surface area (Å²) in [6.45, 7) is 0. The van der Waals surface area contributed by atoms with Gasteiger partial charge in [-0.25, -0.2) is 0 Å². The van der Waals surface area contributed by atoms with Crippen LogP contribution in [0.15, 0.2) is 176 Å². The molecule has 12 rings (SSSR count). The van der Waals surface area contributed by atoms with Gasteiger partial charge in [-0.1, -0.05) is 133 Å². The number of para-hydroxylation sites is 1. The summed E-state index contributed by atoms with van der Waals surface area (Å²) in [5.74, 6) is 0. The molecule has 1 spiro atoms. The SMILES string of the molecule is c1ccc(N(c2cccc3c2-c2ccccc2C32c3ccccc3-c3ccccc32)c2cccc3sc4ccc5c6ccccc6sc5c4c23)cc1. The topological polar surface area (TPSA) is 3.24 Å². The Morgan fingerprint density at radius 3 is 1.73 bits per heavy atom. The van der Waals surface area contributed by atoms with Gasteiger partial charge in [0, 0.05) is 51.6 Å². The fraction of sp³-hybridized carbons (Fsp3) is 0.0204. The van der Waals surface area contributed by atoms with Gasteiger partial charge in [-0.15, -0.1) is 22.7 Å². The Hall–Kier alpha value is -6.00. The van der Waals surface area contributed by atoms with Crippen molar-refractivity contribution in [1.82, 2.24) is 0 Å². The standard InChI is InChI=1S/C49H29NS2/c1-2-14-30(15-3-1)50(41-25-13-27-43-46(41)47-44(51-43)29-28-34-33-18-7-11-26-42(33)52-48(34)47)40-24-12-23-39-45(40)35-19-6-10-22-38(35)49(39)36-20-8-4-16-31(36)32-17-5-9-21-37(32)49/h1-29H. The van der Waals surface area contributed by atoms with E-state index in [9.17, 15) is 0 Å². The fourth-order valence-electron chi connectivity index (χ4n) is 9.55. The molecule has 2 aromatic heterocycles. The molecule has 10 aromatic rings. The van der Waals surface area contributed by atoms with Crippen LogP contribution in [0.1, 0.15) is 22.3 Å². The molecule has 0 bridgehead atoms. The predicted octanol–water partition coefficient (Wildman–Crippen LogP) is 14.2.